The van der Waals surface area contributed by atoms with Crippen molar-refractivity contribution in [2.24, 2.45) is 5.92 Å². The van der Waals surface area contributed by atoms with Crippen molar-refractivity contribution in [3.05, 3.63) is 29.3 Å². The largest absolute Gasteiger partial charge is 0.478 e. The smallest absolute Gasteiger partial charge is 0.335 e. The molecule has 1 aromatic carbocycles. The number of nitrogens with zero attached hydrogens (tertiary/aromatic N) is 1. The molecule has 0 aliphatic heterocycles. The average Bonchev–Trinajstić information content (AvgIpc) is 2.35. The fraction of sp³-hybridized carbons (Fsp3) is 0.500. The van der Waals surface area contributed by atoms with Crippen LogP contribution >= 0.6 is 0 Å². The number of carboxylic acid groups (broad SMARTS) is 1. The molecule has 0 unspecified atom stereocenters. The zero-order chi connectivity index (χ0) is 15.5. The summed E-state index contributed by atoms with van der Waals surface area (Å²) in [6, 6.07) is 4.34. The maximum Gasteiger partial charge on any atom is 0.335 e. The molecule has 0 heterocycles. The zero-order valence-corrected chi connectivity index (χ0v) is 13.1. The summed E-state index contributed by atoms with van der Waals surface area (Å²) in [5.41, 5.74) is 0.300. The van der Waals surface area contributed by atoms with Gasteiger partial charge in [0.2, 0.25) is 10.0 Å². The van der Waals surface area contributed by atoms with Crippen LogP contribution < -0.4 is 0 Å². The molecule has 20 heavy (non-hydrogen) atoms. The Morgan fingerprint density at radius 3 is 2.40 bits per heavy atom. The summed E-state index contributed by atoms with van der Waals surface area (Å²) in [5, 5.41) is 9.09. The van der Waals surface area contributed by atoms with Crippen molar-refractivity contribution in [1.29, 1.82) is 0 Å². The molecule has 0 saturated heterocycles. The predicted octanol–water partition coefficient (Wildman–Crippen LogP) is 2.36. The first-order chi connectivity index (χ1) is 9.21. The molecule has 0 fully saturated rings. The second-order valence-corrected chi connectivity index (χ2v) is 6.99. The molecule has 0 aromatic heterocycles. The van der Waals surface area contributed by atoms with Crippen LogP contribution in [0.4, 0.5) is 0 Å². The van der Waals surface area contributed by atoms with E-state index in [0.29, 0.717) is 13.1 Å². The molecule has 0 atom stereocenters. The average molecular weight is 299 g/mol. The maximum atomic E-state index is 12.6. The number of benzene rings is 1. The zero-order valence-electron chi connectivity index (χ0n) is 12.3. The van der Waals surface area contributed by atoms with Gasteiger partial charge in [-0.3, -0.25) is 0 Å². The van der Waals surface area contributed by atoms with Crippen LogP contribution in [0, 0.1) is 12.8 Å². The van der Waals surface area contributed by atoms with E-state index in [4.69, 9.17) is 5.11 Å². The van der Waals surface area contributed by atoms with E-state index in [1.165, 1.54) is 29.4 Å². The fourth-order valence-electron chi connectivity index (χ4n) is 2.07. The number of hydrogen-bond acceptors (Lipinski definition) is 3. The van der Waals surface area contributed by atoms with Gasteiger partial charge in [0, 0.05) is 13.1 Å². The molecule has 0 radical (unpaired) electrons. The lowest BCUT2D eigenvalue weighted by Gasteiger charge is -2.23. The third-order valence-electron chi connectivity index (χ3n) is 3.05. The summed E-state index contributed by atoms with van der Waals surface area (Å²) in [4.78, 5) is 11.2. The number of aromatic carboxylic acids is 1. The minimum atomic E-state index is -3.66. The van der Waals surface area contributed by atoms with Gasteiger partial charge in [0.25, 0.3) is 0 Å². The van der Waals surface area contributed by atoms with Crippen LogP contribution in [-0.2, 0) is 10.0 Å². The van der Waals surface area contributed by atoms with Crippen LogP contribution in [0.25, 0.3) is 0 Å². The Hall–Kier alpha value is -1.40. The molecule has 0 spiro atoms. The van der Waals surface area contributed by atoms with Gasteiger partial charge in [0.1, 0.15) is 0 Å². The molecule has 1 N–H and O–H groups in total. The van der Waals surface area contributed by atoms with Gasteiger partial charge in [-0.1, -0.05) is 26.8 Å². The highest BCUT2D eigenvalue weighted by Crippen LogP contribution is 2.23. The van der Waals surface area contributed by atoms with Gasteiger partial charge in [-0.15, -0.1) is 0 Å². The van der Waals surface area contributed by atoms with Gasteiger partial charge in [0.05, 0.1) is 10.5 Å². The first-order valence-electron chi connectivity index (χ1n) is 6.54. The molecule has 1 rings (SSSR count). The highest BCUT2D eigenvalue weighted by atomic mass is 32.2. The maximum absolute atomic E-state index is 12.6. The van der Waals surface area contributed by atoms with Gasteiger partial charge in [-0.05, 0) is 30.5 Å². The Morgan fingerprint density at radius 1 is 1.35 bits per heavy atom. The van der Waals surface area contributed by atoms with Gasteiger partial charge < -0.3 is 5.11 Å². The molecule has 0 aliphatic rings. The Labute approximate surface area is 120 Å². The van der Waals surface area contributed by atoms with Gasteiger partial charge in [0.15, 0.2) is 0 Å². The van der Waals surface area contributed by atoms with Crippen LogP contribution in [0.15, 0.2) is 23.1 Å². The highest BCUT2D eigenvalue weighted by Gasteiger charge is 2.27. The quantitative estimate of drug-likeness (QED) is 0.875. The van der Waals surface area contributed by atoms with Crippen molar-refractivity contribution in [3.63, 3.8) is 0 Å². The molecule has 0 aliphatic carbocycles. The number of rotatable bonds is 6. The number of sulfonamides is 1. The molecule has 6 heteroatoms. The Balaban J connectivity index is 3.35. The highest BCUT2D eigenvalue weighted by molar-refractivity contribution is 7.89. The number of carbonyl (C=O) groups is 1. The normalized spacial score (nSPS) is 12.1. The van der Waals surface area contributed by atoms with Crippen molar-refractivity contribution in [1.82, 2.24) is 4.31 Å². The molecular weight excluding hydrogens is 278 g/mol. The summed E-state index contributed by atoms with van der Waals surface area (Å²) in [6.45, 7) is 7.96. The van der Waals surface area contributed by atoms with E-state index in [2.05, 4.69) is 0 Å². The van der Waals surface area contributed by atoms with Crippen molar-refractivity contribution in [3.8, 4) is 0 Å². The summed E-state index contributed by atoms with van der Waals surface area (Å²) in [6.07, 6.45) is 0. The Kier molecular flexibility index (Phi) is 5.30. The monoisotopic (exact) mass is 299 g/mol. The molecular formula is C14H21NO4S. The topological polar surface area (TPSA) is 74.7 Å². The molecule has 112 valence electrons. The summed E-state index contributed by atoms with van der Waals surface area (Å²) in [5.74, 6) is -0.917. The van der Waals surface area contributed by atoms with Crippen LogP contribution in [0.3, 0.4) is 0 Å². The molecule has 0 saturated carbocycles. The third kappa shape index (κ3) is 3.37. The summed E-state index contributed by atoms with van der Waals surface area (Å²) >= 11 is 0. The predicted molar refractivity (Wildman–Crippen MR) is 77.4 cm³/mol. The van der Waals surface area contributed by atoms with Crippen molar-refractivity contribution >= 4 is 16.0 Å². The van der Waals surface area contributed by atoms with Crippen LogP contribution in [0.5, 0.6) is 0 Å². The number of carboxylic acids is 1. The molecule has 1 aromatic rings. The van der Waals surface area contributed by atoms with Gasteiger partial charge >= 0.3 is 5.97 Å². The first-order valence-corrected chi connectivity index (χ1v) is 7.98. The van der Waals surface area contributed by atoms with E-state index in [0.717, 1.165) is 0 Å². The van der Waals surface area contributed by atoms with Crippen molar-refractivity contribution in [2.45, 2.75) is 32.6 Å². The standard InChI is InChI=1S/C14H21NO4S/c1-5-15(9-10(2)3)20(18,19)13-8-6-7-12(11(13)4)14(16)17/h6-8,10H,5,9H2,1-4H3,(H,16,17). The van der Waals surface area contributed by atoms with E-state index < -0.39 is 16.0 Å². The van der Waals surface area contributed by atoms with Crippen LogP contribution in [0.2, 0.25) is 0 Å². The van der Waals surface area contributed by atoms with Gasteiger partial charge in [-0.25, -0.2) is 13.2 Å². The molecule has 0 amide bonds. The fourth-order valence-corrected chi connectivity index (χ4v) is 3.93. The van der Waals surface area contributed by atoms with Gasteiger partial charge in [-0.2, -0.15) is 4.31 Å². The minimum absolute atomic E-state index is 0.0201. The van der Waals surface area contributed by atoms with E-state index >= 15 is 0 Å². The lowest BCUT2D eigenvalue weighted by atomic mass is 10.1. The minimum Gasteiger partial charge on any atom is -0.478 e. The second kappa shape index (κ2) is 6.37. The van der Waals surface area contributed by atoms with Crippen LogP contribution in [-0.4, -0.2) is 36.9 Å². The molecule has 0 bridgehead atoms. The number of hydrogen-bond donors (Lipinski definition) is 1. The first kappa shape index (κ1) is 16.7. The van der Waals surface area contributed by atoms with Crippen LogP contribution in [0.1, 0.15) is 36.7 Å². The Bertz CT molecular complexity index is 593. The van der Waals surface area contributed by atoms with E-state index in [1.54, 1.807) is 6.92 Å². The van der Waals surface area contributed by atoms with E-state index in [1.807, 2.05) is 13.8 Å². The molecule has 5 nitrogen and oxygen atoms in total. The Morgan fingerprint density at radius 2 is 1.95 bits per heavy atom. The van der Waals surface area contributed by atoms with Crippen molar-refractivity contribution in [2.75, 3.05) is 13.1 Å². The van der Waals surface area contributed by atoms with Crippen molar-refractivity contribution < 1.29 is 18.3 Å². The van der Waals surface area contributed by atoms with E-state index in [-0.39, 0.29) is 21.9 Å². The second-order valence-electron chi connectivity index (χ2n) is 5.08. The van der Waals surface area contributed by atoms with E-state index in [9.17, 15) is 13.2 Å². The third-order valence-corrected chi connectivity index (χ3v) is 5.14. The summed E-state index contributed by atoms with van der Waals surface area (Å²) < 4.78 is 26.6. The summed E-state index contributed by atoms with van der Waals surface area (Å²) in [7, 11) is -3.66. The lowest BCUT2D eigenvalue weighted by molar-refractivity contribution is 0.0696. The lowest BCUT2D eigenvalue weighted by Crippen LogP contribution is -2.34. The SMILES string of the molecule is CCN(CC(C)C)S(=O)(=O)c1cccc(C(=O)O)c1C.